The van der Waals surface area contributed by atoms with Crippen molar-refractivity contribution in [3.8, 4) is 0 Å². The van der Waals surface area contributed by atoms with E-state index in [1.54, 1.807) is 0 Å². The van der Waals surface area contributed by atoms with Crippen molar-refractivity contribution in [2.24, 2.45) is 0 Å². The topological polar surface area (TPSA) is 81.8 Å². The maximum atomic E-state index is 8.35. The Kier molecular flexibility index (Phi) is 34.9. The Balaban J connectivity index is -0.0000000933. The number of rotatable bonds is 1. The molecule has 11 heavy (non-hydrogen) atoms. The van der Waals surface area contributed by atoms with Gasteiger partial charge in [-0.3, -0.25) is 0 Å². The zero-order valence-corrected chi connectivity index (χ0v) is 6.73. The monoisotopic (exact) mass is 156 g/mol. The fourth-order valence-electron chi connectivity index (χ4n) is 0. The summed E-state index contributed by atoms with van der Waals surface area (Å²) in [5.41, 5.74) is 1.25. The first-order chi connectivity index (χ1) is 5.10. The average Bonchev–Trinajstić information content (AvgIpc) is 1.91. The zero-order chi connectivity index (χ0) is 9.70. The van der Waals surface area contributed by atoms with Gasteiger partial charge < -0.3 is 0 Å². The van der Waals surface area contributed by atoms with E-state index in [2.05, 4.69) is 13.5 Å². The van der Waals surface area contributed by atoms with Gasteiger partial charge in [-0.1, -0.05) is 12.5 Å². The van der Waals surface area contributed by atoms with Gasteiger partial charge in [-0.15, -0.1) is 6.58 Å². The van der Waals surface area contributed by atoms with Crippen LogP contribution in [0.2, 0.25) is 0 Å². The highest BCUT2D eigenvalue weighted by molar-refractivity contribution is 5.26. The van der Waals surface area contributed by atoms with Crippen LogP contribution in [0.25, 0.3) is 0 Å². The highest BCUT2D eigenvalue weighted by Crippen LogP contribution is 1.88. The molecule has 2 N–H and O–H groups in total. The average molecular weight is 156 g/mol. The second-order valence-electron chi connectivity index (χ2n) is 1.51. The van der Waals surface area contributed by atoms with Gasteiger partial charge >= 0.3 is 0 Å². The molecule has 0 heterocycles. The molecule has 0 aromatic rings. The molecule has 0 unspecified atom stereocenters. The van der Waals surface area contributed by atoms with Crippen LogP contribution >= 0.6 is 0 Å². The van der Waals surface area contributed by atoms with Gasteiger partial charge in [0.15, 0.2) is 0 Å². The third-order valence-electron chi connectivity index (χ3n) is 0.604. The van der Waals surface area contributed by atoms with Gasteiger partial charge in [-0.2, -0.15) is 0 Å². The third kappa shape index (κ3) is 1440. The van der Waals surface area contributed by atoms with Crippen LogP contribution in [0.4, 0.5) is 0 Å². The van der Waals surface area contributed by atoms with Gasteiger partial charge in [-0.05, 0) is 13.3 Å². The largest absolute Gasteiger partial charge is 0.231 e. The highest BCUT2D eigenvalue weighted by atomic mass is 16.1. The van der Waals surface area contributed by atoms with Crippen molar-refractivity contribution < 1.29 is 9.59 Å². The molecule has 0 saturated heterocycles. The lowest BCUT2D eigenvalue weighted by atomic mass is 10.3. The molecule has 0 aliphatic rings. The standard InChI is InChI=1S/C5H10.2CHNO/c1-4-5(2)3;2*2-1-3/h2,4H2,1,3H3;2*2H. The fraction of sp³-hybridized carbons (Fsp3) is 0.429. The minimum absolute atomic E-state index is 0.750. The Morgan fingerprint density at radius 1 is 1.36 bits per heavy atom. The number of hydrogen-bond donors (Lipinski definition) is 2. The van der Waals surface area contributed by atoms with E-state index in [0.717, 1.165) is 18.6 Å². The Bertz CT molecular complexity index is 140. The Labute approximate surface area is 65.9 Å². The maximum Gasteiger partial charge on any atom is 0.231 e. The molecule has 62 valence electrons. The van der Waals surface area contributed by atoms with Crippen LogP contribution in [-0.4, -0.2) is 12.2 Å². The van der Waals surface area contributed by atoms with E-state index < -0.39 is 0 Å². The second kappa shape index (κ2) is 23.6. The van der Waals surface area contributed by atoms with Crippen LogP contribution in [0.1, 0.15) is 20.3 Å². The molecule has 0 saturated carbocycles. The van der Waals surface area contributed by atoms with Crippen molar-refractivity contribution in [3.05, 3.63) is 12.2 Å². The van der Waals surface area contributed by atoms with Crippen LogP contribution in [0.3, 0.4) is 0 Å². The van der Waals surface area contributed by atoms with Crippen molar-refractivity contribution in [1.82, 2.24) is 0 Å². The smallest absolute Gasteiger partial charge is 0.222 e. The van der Waals surface area contributed by atoms with Crippen molar-refractivity contribution >= 4 is 12.2 Å². The predicted molar refractivity (Wildman–Crippen MR) is 41.9 cm³/mol. The Hall–Kier alpha value is -1.50. The van der Waals surface area contributed by atoms with Crippen LogP contribution in [0.5, 0.6) is 0 Å². The first-order valence-corrected chi connectivity index (χ1v) is 2.82. The number of carbonyl (C=O) groups excluding carboxylic acids is 2. The van der Waals surface area contributed by atoms with Crippen LogP contribution in [0, 0.1) is 10.8 Å². The molecule has 0 aliphatic heterocycles. The van der Waals surface area contributed by atoms with Crippen molar-refractivity contribution in [3.63, 3.8) is 0 Å². The molecule has 0 atom stereocenters. The summed E-state index contributed by atoms with van der Waals surface area (Å²) >= 11 is 0. The van der Waals surface area contributed by atoms with Gasteiger partial charge in [0.05, 0.1) is 0 Å². The van der Waals surface area contributed by atoms with E-state index in [1.807, 2.05) is 6.92 Å². The quantitative estimate of drug-likeness (QED) is 0.344. The fourth-order valence-corrected chi connectivity index (χ4v) is 0. The maximum absolute atomic E-state index is 8.35. The second-order valence-corrected chi connectivity index (χ2v) is 1.51. The van der Waals surface area contributed by atoms with Gasteiger partial charge in [0.1, 0.15) is 0 Å². The normalized spacial score (nSPS) is 4.91. The minimum atomic E-state index is 0.750. The summed E-state index contributed by atoms with van der Waals surface area (Å²) in [6, 6.07) is 0. The summed E-state index contributed by atoms with van der Waals surface area (Å²) in [5, 5.41) is 10.8. The van der Waals surface area contributed by atoms with Gasteiger partial charge in [0, 0.05) is 0 Å². The first-order valence-electron chi connectivity index (χ1n) is 2.82. The number of allylic oxidation sites excluding steroid dienone is 1. The molecule has 0 bridgehead atoms. The summed E-state index contributed by atoms with van der Waals surface area (Å²) < 4.78 is 0. The highest BCUT2D eigenvalue weighted by Gasteiger charge is 1.67. The predicted octanol–water partition coefficient (Wildman–Crippen LogP) is 1.77. The van der Waals surface area contributed by atoms with Crippen LogP contribution < -0.4 is 0 Å². The molecule has 0 spiro atoms. The number of isocyanates is 2. The molecule has 0 radical (unpaired) electrons. The van der Waals surface area contributed by atoms with Crippen LogP contribution in [0.15, 0.2) is 12.2 Å². The summed E-state index contributed by atoms with van der Waals surface area (Å²) in [7, 11) is 0. The Morgan fingerprint density at radius 2 is 1.45 bits per heavy atom. The molecular formula is C7H12N2O2. The zero-order valence-electron chi connectivity index (χ0n) is 6.73. The molecule has 0 amide bonds. The molecular weight excluding hydrogens is 144 g/mol. The summed E-state index contributed by atoms with van der Waals surface area (Å²) in [6.45, 7) is 7.80. The molecule has 0 aromatic carbocycles. The van der Waals surface area contributed by atoms with E-state index >= 15 is 0 Å². The van der Waals surface area contributed by atoms with E-state index in [-0.39, 0.29) is 0 Å². The summed E-state index contributed by atoms with van der Waals surface area (Å²) in [5.74, 6) is 0. The van der Waals surface area contributed by atoms with E-state index in [0.29, 0.717) is 0 Å². The molecule has 0 rings (SSSR count). The number of nitrogens with one attached hydrogen (secondary N) is 2. The van der Waals surface area contributed by atoms with E-state index in [9.17, 15) is 0 Å². The summed E-state index contributed by atoms with van der Waals surface area (Å²) in [4.78, 5) is 16.7. The molecule has 4 nitrogen and oxygen atoms in total. The van der Waals surface area contributed by atoms with Crippen molar-refractivity contribution in [1.29, 1.82) is 10.8 Å². The summed E-state index contributed by atoms with van der Waals surface area (Å²) in [6.07, 6.45) is 2.61. The van der Waals surface area contributed by atoms with Gasteiger partial charge in [0.25, 0.3) is 0 Å². The SMILES string of the molecule is C=C(C)CC.N=C=O.N=C=O. The van der Waals surface area contributed by atoms with E-state index in [1.165, 1.54) is 5.57 Å². The molecule has 0 aromatic heterocycles. The third-order valence-corrected chi connectivity index (χ3v) is 0.604. The minimum Gasteiger partial charge on any atom is -0.222 e. The lowest BCUT2D eigenvalue weighted by Crippen LogP contribution is -1.58. The first kappa shape index (κ1) is 16.2. The Morgan fingerprint density at radius 3 is 1.45 bits per heavy atom. The van der Waals surface area contributed by atoms with Gasteiger partial charge in [-0.25, -0.2) is 20.4 Å². The van der Waals surface area contributed by atoms with Gasteiger partial charge in [0.2, 0.25) is 12.2 Å². The lowest BCUT2D eigenvalue weighted by molar-refractivity contribution is 0.562. The van der Waals surface area contributed by atoms with E-state index in [4.69, 9.17) is 20.4 Å². The van der Waals surface area contributed by atoms with Crippen molar-refractivity contribution in [2.45, 2.75) is 20.3 Å². The molecule has 0 aliphatic carbocycles. The molecule has 4 heteroatoms. The molecule has 0 fully saturated rings. The van der Waals surface area contributed by atoms with Crippen molar-refractivity contribution in [2.75, 3.05) is 0 Å². The number of hydrogen-bond acceptors (Lipinski definition) is 4. The van der Waals surface area contributed by atoms with Crippen LogP contribution in [-0.2, 0) is 9.59 Å². The lowest BCUT2D eigenvalue weighted by Gasteiger charge is -1.79.